The maximum atomic E-state index is 5.66. The van der Waals surface area contributed by atoms with Gasteiger partial charge in [0.15, 0.2) is 11.5 Å². The van der Waals surface area contributed by atoms with Gasteiger partial charge < -0.3 is 20.1 Å². The molecule has 1 aromatic carbocycles. The van der Waals surface area contributed by atoms with Gasteiger partial charge in [0.25, 0.3) is 0 Å². The molecule has 0 unspecified atom stereocenters. The molecule has 0 radical (unpaired) electrons. The number of hydrogen-bond donors (Lipinski definition) is 1. The van der Waals surface area contributed by atoms with Gasteiger partial charge in [0, 0.05) is 25.8 Å². The van der Waals surface area contributed by atoms with Crippen molar-refractivity contribution >= 4 is 17.6 Å². The summed E-state index contributed by atoms with van der Waals surface area (Å²) in [5.41, 5.74) is 6.59. The average molecular weight is 247 g/mol. The lowest BCUT2D eigenvalue weighted by molar-refractivity contribution is 0.174. The van der Waals surface area contributed by atoms with Crippen molar-refractivity contribution in [2.24, 2.45) is 7.05 Å². The first kappa shape index (κ1) is 10.7. The van der Waals surface area contributed by atoms with Gasteiger partial charge in [-0.3, -0.25) is 4.57 Å². The van der Waals surface area contributed by atoms with Crippen LogP contribution in [0, 0.1) is 0 Å². The first-order chi connectivity index (χ1) is 8.66. The molecule has 7 nitrogen and oxygen atoms in total. The topological polar surface area (TPSA) is 78.4 Å². The van der Waals surface area contributed by atoms with Gasteiger partial charge in [-0.05, 0) is 12.1 Å². The summed E-state index contributed by atoms with van der Waals surface area (Å²) in [4.78, 5) is 1.88. The molecule has 0 aliphatic carbocycles. The molecule has 2 N–H and O–H groups in total. The number of fused-ring (bicyclic) bond motifs is 1. The number of nitrogen functional groups attached to an aromatic ring is 1. The summed E-state index contributed by atoms with van der Waals surface area (Å²) in [6.07, 6.45) is 0. The van der Waals surface area contributed by atoms with Gasteiger partial charge in [-0.25, -0.2) is 0 Å². The van der Waals surface area contributed by atoms with Gasteiger partial charge in [-0.15, -0.1) is 10.2 Å². The van der Waals surface area contributed by atoms with Gasteiger partial charge in [0.2, 0.25) is 18.7 Å². The van der Waals surface area contributed by atoms with Gasteiger partial charge in [-0.1, -0.05) is 0 Å². The van der Waals surface area contributed by atoms with Crippen LogP contribution in [0.3, 0.4) is 0 Å². The zero-order valence-corrected chi connectivity index (χ0v) is 10.1. The first-order valence-corrected chi connectivity index (χ1v) is 5.45. The van der Waals surface area contributed by atoms with Crippen molar-refractivity contribution < 1.29 is 9.47 Å². The Labute approximate surface area is 104 Å². The van der Waals surface area contributed by atoms with E-state index in [1.807, 2.05) is 37.2 Å². The number of ether oxygens (including phenoxy) is 2. The normalized spacial score (nSPS) is 12.8. The molecule has 1 aliphatic rings. The lowest BCUT2D eigenvalue weighted by Crippen LogP contribution is -2.14. The molecule has 7 heteroatoms. The van der Waals surface area contributed by atoms with Crippen molar-refractivity contribution in [3.63, 3.8) is 0 Å². The fourth-order valence-corrected chi connectivity index (χ4v) is 1.83. The summed E-state index contributed by atoms with van der Waals surface area (Å²) in [5.74, 6) is 2.52. The van der Waals surface area contributed by atoms with E-state index >= 15 is 0 Å². The van der Waals surface area contributed by atoms with Gasteiger partial charge in [-0.2, -0.15) is 0 Å². The number of benzene rings is 1. The summed E-state index contributed by atoms with van der Waals surface area (Å²) in [6.45, 7) is 0.263. The third-order valence-corrected chi connectivity index (χ3v) is 2.93. The maximum Gasteiger partial charge on any atom is 0.232 e. The second kappa shape index (κ2) is 3.80. The monoisotopic (exact) mass is 247 g/mol. The van der Waals surface area contributed by atoms with E-state index in [0.29, 0.717) is 11.9 Å². The minimum Gasteiger partial charge on any atom is -0.454 e. The fraction of sp³-hybridized carbons (Fsp3) is 0.273. The summed E-state index contributed by atoms with van der Waals surface area (Å²) >= 11 is 0. The Morgan fingerprint density at radius 1 is 1.28 bits per heavy atom. The highest BCUT2D eigenvalue weighted by Crippen LogP contribution is 2.36. The Morgan fingerprint density at radius 2 is 2.06 bits per heavy atom. The van der Waals surface area contributed by atoms with E-state index in [9.17, 15) is 0 Å². The SMILES string of the molecule is CN(c1ccc2c(c1)OCO2)c1nnc(N)n1C. The molecule has 0 spiro atoms. The molecule has 0 fully saturated rings. The number of nitrogens with two attached hydrogens (primary N) is 1. The van der Waals surface area contributed by atoms with Crippen molar-refractivity contribution in [2.45, 2.75) is 0 Å². The van der Waals surface area contributed by atoms with Crippen molar-refractivity contribution in [3.05, 3.63) is 18.2 Å². The Hall–Kier alpha value is -2.44. The highest BCUT2D eigenvalue weighted by Gasteiger charge is 2.17. The summed E-state index contributed by atoms with van der Waals surface area (Å²) in [5, 5.41) is 7.86. The van der Waals surface area contributed by atoms with Gasteiger partial charge in [0.1, 0.15) is 0 Å². The van der Waals surface area contributed by atoms with Crippen LogP contribution in [0.1, 0.15) is 0 Å². The Balaban J connectivity index is 1.97. The Morgan fingerprint density at radius 3 is 2.78 bits per heavy atom. The van der Waals surface area contributed by atoms with Crippen LogP contribution in [0.4, 0.5) is 17.6 Å². The molecule has 0 bridgehead atoms. The first-order valence-electron chi connectivity index (χ1n) is 5.45. The minimum absolute atomic E-state index is 0.263. The van der Waals surface area contributed by atoms with E-state index in [4.69, 9.17) is 15.2 Å². The fourth-order valence-electron chi connectivity index (χ4n) is 1.83. The maximum absolute atomic E-state index is 5.66. The molecule has 18 heavy (non-hydrogen) atoms. The van der Waals surface area contributed by atoms with Crippen LogP contribution in [0.5, 0.6) is 11.5 Å². The van der Waals surface area contributed by atoms with Crippen molar-refractivity contribution in [1.82, 2.24) is 14.8 Å². The molecular weight excluding hydrogens is 234 g/mol. The number of rotatable bonds is 2. The molecule has 0 saturated carbocycles. The van der Waals surface area contributed by atoms with Crippen LogP contribution in [0.15, 0.2) is 18.2 Å². The largest absolute Gasteiger partial charge is 0.454 e. The highest BCUT2D eigenvalue weighted by molar-refractivity contribution is 5.63. The van der Waals surface area contributed by atoms with E-state index in [1.54, 1.807) is 4.57 Å². The lowest BCUT2D eigenvalue weighted by Gasteiger charge is -2.17. The third kappa shape index (κ3) is 1.52. The quantitative estimate of drug-likeness (QED) is 0.849. The molecule has 0 amide bonds. The van der Waals surface area contributed by atoms with Crippen LogP contribution in [0.25, 0.3) is 0 Å². The Kier molecular flexibility index (Phi) is 2.26. The predicted octanol–water partition coefficient (Wildman–Crippen LogP) is 0.894. The molecular formula is C11H13N5O2. The standard InChI is InChI=1S/C11H13N5O2/c1-15(11-14-13-10(12)16(11)2)7-3-4-8-9(5-7)18-6-17-8/h3-5H,6H2,1-2H3,(H2,12,13). The van der Waals surface area contributed by atoms with Crippen molar-refractivity contribution in [3.8, 4) is 11.5 Å². The lowest BCUT2D eigenvalue weighted by atomic mass is 10.2. The molecule has 3 rings (SSSR count). The molecule has 2 heterocycles. The molecule has 2 aromatic rings. The molecule has 0 saturated heterocycles. The third-order valence-electron chi connectivity index (χ3n) is 2.93. The van der Waals surface area contributed by atoms with E-state index in [0.717, 1.165) is 17.2 Å². The smallest absolute Gasteiger partial charge is 0.232 e. The van der Waals surface area contributed by atoms with Crippen molar-refractivity contribution in [1.29, 1.82) is 0 Å². The van der Waals surface area contributed by atoms with E-state index in [2.05, 4.69) is 10.2 Å². The minimum atomic E-state index is 0.263. The molecule has 1 aliphatic heterocycles. The van der Waals surface area contributed by atoms with Crippen LogP contribution in [-0.2, 0) is 7.05 Å². The highest BCUT2D eigenvalue weighted by atomic mass is 16.7. The van der Waals surface area contributed by atoms with Crippen LogP contribution >= 0.6 is 0 Å². The van der Waals surface area contributed by atoms with Crippen LogP contribution in [0.2, 0.25) is 0 Å². The van der Waals surface area contributed by atoms with Crippen LogP contribution in [-0.4, -0.2) is 28.6 Å². The Bertz CT molecular complexity index is 595. The summed E-state index contributed by atoms with van der Waals surface area (Å²) < 4.78 is 12.3. The van der Waals surface area contributed by atoms with Gasteiger partial charge >= 0.3 is 0 Å². The van der Waals surface area contributed by atoms with E-state index in [1.165, 1.54) is 0 Å². The van der Waals surface area contributed by atoms with Crippen molar-refractivity contribution in [2.75, 3.05) is 24.5 Å². The molecule has 94 valence electrons. The number of hydrogen-bond acceptors (Lipinski definition) is 6. The second-order valence-electron chi connectivity index (χ2n) is 4.01. The number of aromatic nitrogens is 3. The predicted molar refractivity (Wildman–Crippen MR) is 66.0 cm³/mol. The summed E-state index contributed by atoms with van der Waals surface area (Å²) in [7, 11) is 3.70. The summed E-state index contributed by atoms with van der Waals surface area (Å²) in [6, 6.07) is 5.69. The number of nitrogens with zero attached hydrogens (tertiary/aromatic N) is 4. The molecule has 0 atom stereocenters. The number of anilines is 3. The zero-order chi connectivity index (χ0) is 12.7. The van der Waals surface area contributed by atoms with Crippen LogP contribution < -0.4 is 20.1 Å². The molecule has 1 aromatic heterocycles. The van der Waals surface area contributed by atoms with E-state index < -0.39 is 0 Å². The zero-order valence-electron chi connectivity index (χ0n) is 10.1. The van der Waals surface area contributed by atoms with Gasteiger partial charge in [0.05, 0.1) is 0 Å². The second-order valence-corrected chi connectivity index (χ2v) is 4.01. The van der Waals surface area contributed by atoms with E-state index in [-0.39, 0.29) is 6.79 Å². The average Bonchev–Trinajstić information content (AvgIpc) is 2.96.